The normalized spacial score (nSPS) is 15.9. The van der Waals surface area contributed by atoms with Gasteiger partial charge in [-0.2, -0.15) is 4.98 Å². The molecular weight excluding hydrogens is 254 g/mol. The largest absolute Gasteiger partial charge is 0.344 e. The SMILES string of the molecule is Cc1cccc(-c2noc(C(C)NC(=O)C3CC3)n2)c1. The lowest BCUT2D eigenvalue weighted by atomic mass is 10.1. The average molecular weight is 271 g/mol. The van der Waals surface area contributed by atoms with Crippen molar-refractivity contribution >= 4 is 5.91 Å². The maximum Gasteiger partial charge on any atom is 0.249 e. The van der Waals surface area contributed by atoms with Gasteiger partial charge in [0.1, 0.15) is 6.04 Å². The van der Waals surface area contributed by atoms with Gasteiger partial charge in [0.2, 0.25) is 17.6 Å². The van der Waals surface area contributed by atoms with E-state index >= 15 is 0 Å². The first kappa shape index (κ1) is 12.8. The molecule has 5 heteroatoms. The van der Waals surface area contributed by atoms with E-state index in [-0.39, 0.29) is 17.9 Å². The van der Waals surface area contributed by atoms with E-state index in [1.165, 1.54) is 0 Å². The molecule has 0 aliphatic heterocycles. The highest BCUT2D eigenvalue weighted by atomic mass is 16.5. The summed E-state index contributed by atoms with van der Waals surface area (Å²) in [6.45, 7) is 3.87. The third-order valence-corrected chi connectivity index (χ3v) is 3.40. The average Bonchev–Trinajstić information content (AvgIpc) is 3.16. The number of rotatable bonds is 4. The van der Waals surface area contributed by atoms with Crippen LogP contribution in [0.5, 0.6) is 0 Å². The zero-order valence-corrected chi connectivity index (χ0v) is 11.6. The minimum atomic E-state index is -0.255. The number of nitrogens with one attached hydrogen (secondary N) is 1. The molecule has 20 heavy (non-hydrogen) atoms. The molecule has 1 N–H and O–H groups in total. The summed E-state index contributed by atoms with van der Waals surface area (Å²) in [6, 6.07) is 7.66. The minimum Gasteiger partial charge on any atom is -0.344 e. The van der Waals surface area contributed by atoms with Crippen LogP contribution in [0, 0.1) is 12.8 Å². The van der Waals surface area contributed by atoms with Crippen molar-refractivity contribution in [1.82, 2.24) is 15.5 Å². The number of carbonyl (C=O) groups excluding carboxylic acids is 1. The molecule has 2 aromatic rings. The molecule has 1 unspecified atom stereocenters. The summed E-state index contributed by atoms with van der Waals surface area (Å²) >= 11 is 0. The maximum atomic E-state index is 11.7. The number of carbonyl (C=O) groups is 1. The number of aryl methyl sites for hydroxylation is 1. The van der Waals surface area contributed by atoms with Crippen LogP contribution in [-0.2, 0) is 4.79 Å². The van der Waals surface area contributed by atoms with E-state index in [1.54, 1.807) is 0 Å². The quantitative estimate of drug-likeness (QED) is 0.928. The van der Waals surface area contributed by atoms with Crippen molar-refractivity contribution in [2.75, 3.05) is 0 Å². The molecular formula is C15H17N3O2. The van der Waals surface area contributed by atoms with E-state index < -0.39 is 0 Å². The molecule has 3 rings (SSSR count). The van der Waals surface area contributed by atoms with Gasteiger partial charge in [-0.25, -0.2) is 0 Å². The van der Waals surface area contributed by atoms with Crippen molar-refractivity contribution in [3.63, 3.8) is 0 Å². The van der Waals surface area contributed by atoms with Crippen molar-refractivity contribution in [1.29, 1.82) is 0 Å². The Balaban J connectivity index is 1.74. The Labute approximate surface area is 117 Å². The first-order valence-corrected chi connectivity index (χ1v) is 6.84. The van der Waals surface area contributed by atoms with Gasteiger partial charge >= 0.3 is 0 Å². The van der Waals surface area contributed by atoms with Gasteiger partial charge in [-0.1, -0.05) is 28.9 Å². The van der Waals surface area contributed by atoms with Gasteiger partial charge in [0.25, 0.3) is 0 Å². The lowest BCUT2D eigenvalue weighted by Gasteiger charge is -2.08. The summed E-state index contributed by atoms with van der Waals surface area (Å²) in [5.74, 6) is 1.25. The topological polar surface area (TPSA) is 68.0 Å². The molecule has 1 atom stereocenters. The molecule has 1 aliphatic carbocycles. The highest BCUT2D eigenvalue weighted by molar-refractivity contribution is 5.81. The second kappa shape index (κ2) is 5.07. The van der Waals surface area contributed by atoms with Crippen molar-refractivity contribution in [3.05, 3.63) is 35.7 Å². The van der Waals surface area contributed by atoms with Gasteiger partial charge in [-0.05, 0) is 32.8 Å². The van der Waals surface area contributed by atoms with E-state index in [9.17, 15) is 4.79 Å². The number of benzene rings is 1. The van der Waals surface area contributed by atoms with Crippen molar-refractivity contribution in [3.8, 4) is 11.4 Å². The van der Waals surface area contributed by atoms with E-state index in [0.717, 1.165) is 24.0 Å². The fourth-order valence-electron chi connectivity index (χ4n) is 2.05. The Morgan fingerprint density at radius 2 is 2.25 bits per heavy atom. The fraction of sp³-hybridized carbons (Fsp3) is 0.400. The summed E-state index contributed by atoms with van der Waals surface area (Å²) in [5, 5.41) is 6.88. The molecule has 0 bridgehead atoms. The van der Waals surface area contributed by atoms with E-state index in [2.05, 4.69) is 15.5 Å². The standard InChI is InChI=1S/C15H17N3O2/c1-9-4-3-5-12(8-9)13-17-15(20-18-13)10(2)16-14(19)11-6-7-11/h3-5,8,10-11H,6-7H2,1-2H3,(H,16,19). The van der Waals surface area contributed by atoms with E-state index in [1.807, 2.05) is 38.1 Å². The Bertz CT molecular complexity index is 632. The molecule has 1 aromatic heterocycles. The summed E-state index contributed by atoms with van der Waals surface area (Å²) in [7, 11) is 0. The van der Waals surface area contributed by atoms with Crippen LogP contribution in [0.25, 0.3) is 11.4 Å². The van der Waals surface area contributed by atoms with E-state index in [0.29, 0.717) is 11.7 Å². The van der Waals surface area contributed by atoms with Crippen molar-refractivity contribution in [2.24, 2.45) is 5.92 Å². The zero-order chi connectivity index (χ0) is 14.1. The third-order valence-electron chi connectivity index (χ3n) is 3.40. The molecule has 1 heterocycles. The van der Waals surface area contributed by atoms with Gasteiger partial charge in [0, 0.05) is 11.5 Å². The fourth-order valence-corrected chi connectivity index (χ4v) is 2.05. The second-order valence-electron chi connectivity index (χ2n) is 5.33. The molecule has 5 nitrogen and oxygen atoms in total. The second-order valence-corrected chi connectivity index (χ2v) is 5.33. The highest BCUT2D eigenvalue weighted by Crippen LogP contribution is 2.29. The minimum absolute atomic E-state index is 0.0767. The predicted octanol–water partition coefficient (Wildman–Crippen LogP) is 2.63. The Hall–Kier alpha value is -2.17. The van der Waals surface area contributed by atoms with Crippen LogP contribution in [0.3, 0.4) is 0 Å². The van der Waals surface area contributed by atoms with Crippen LogP contribution in [0.1, 0.15) is 37.3 Å². The van der Waals surface area contributed by atoms with Crippen LogP contribution >= 0.6 is 0 Å². The molecule has 1 fully saturated rings. The Kier molecular flexibility index (Phi) is 3.26. The smallest absolute Gasteiger partial charge is 0.249 e. The van der Waals surface area contributed by atoms with Crippen LogP contribution < -0.4 is 5.32 Å². The number of aromatic nitrogens is 2. The van der Waals surface area contributed by atoms with Crippen LogP contribution in [-0.4, -0.2) is 16.0 Å². The first-order chi connectivity index (χ1) is 9.63. The number of hydrogen-bond acceptors (Lipinski definition) is 4. The van der Waals surface area contributed by atoms with E-state index in [4.69, 9.17) is 4.52 Å². The number of hydrogen-bond donors (Lipinski definition) is 1. The third kappa shape index (κ3) is 2.71. The van der Waals surface area contributed by atoms with Crippen molar-refractivity contribution < 1.29 is 9.32 Å². The molecule has 1 saturated carbocycles. The lowest BCUT2D eigenvalue weighted by molar-refractivity contribution is -0.123. The van der Waals surface area contributed by atoms with Gasteiger partial charge in [-0.15, -0.1) is 0 Å². The zero-order valence-electron chi connectivity index (χ0n) is 11.6. The summed E-state index contributed by atoms with van der Waals surface area (Å²) in [5.41, 5.74) is 2.06. The summed E-state index contributed by atoms with van der Waals surface area (Å²) in [6.07, 6.45) is 1.97. The lowest BCUT2D eigenvalue weighted by Crippen LogP contribution is -2.28. The first-order valence-electron chi connectivity index (χ1n) is 6.84. The molecule has 0 saturated heterocycles. The molecule has 0 radical (unpaired) electrons. The molecule has 1 aromatic carbocycles. The van der Waals surface area contributed by atoms with Crippen LogP contribution in [0.15, 0.2) is 28.8 Å². The number of nitrogens with zero attached hydrogens (tertiary/aromatic N) is 2. The molecule has 1 amide bonds. The summed E-state index contributed by atoms with van der Waals surface area (Å²) < 4.78 is 5.25. The Morgan fingerprint density at radius 3 is 2.95 bits per heavy atom. The molecule has 0 spiro atoms. The van der Waals surface area contributed by atoms with Crippen LogP contribution in [0.4, 0.5) is 0 Å². The number of amides is 1. The van der Waals surface area contributed by atoms with Gasteiger partial charge < -0.3 is 9.84 Å². The molecule has 104 valence electrons. The highest BCUT2D eigenvalue weighted by Gasteiger charge is 2.31. The Morgan fingerprint density at radius 1 is 1.45 bits per heavy atom. The summed E-state index contributed by atoms with van der Waals surface area (Å²) in [4.78, 5) is 16.1. The monoisotopic (exact) mass is 271 g/mol. The van der Waals surface area contributed by atoms with Gasteiger partial charge in [0.15, 0.2) is 0 Å². The van der Waals surface area contributed by atoms with Crippen LogP contribution in [0.2, 0.25) is 0 Å². The van der Waals surface area contributed by atoms with Gasteiger partial charge in [-0.3, -0.25) is 4.79 Å². The predicted molar refractivity (Wildman–Crippen MR) is 73.8 cm³/mol. The maximum absolute atomic E-state index is 11.7. The van der Waals surface area contributed by atoms with Crippen molar-refractivity contribution in [2.45, 2.75) is 32.7 Å². The van der Waals surface area contributed by atoms with Gasteiger partial charge in [0.05, 0.1) is 0 Å². The molecule has 1 aliphatic rings.